The highest BCUT2D eigenvalue weighted by Gasteiger charge is 2.04. The van der Waals surface area contributed by atoms with Gasteiger partial charge in [-0.15, -0.1) is 0 Å². The van der Waals surface area contributed by atoms with E-state index in [4.69, 9.17) is 0 Å². The number of anilines is 4. The molecular formula is C20H20N4O. The first-order valence-electron chi connectivity index (χ1n) is 8.03. The molecule has 1 heterocycles. The van der Waals surface area contributed by atoms with E-state index in [1.807, 2.05) is 48.5 Å². The first kappa shape index (κ1) is 16.5. The molecule has 0 saturated carbocycles. The average Bonchev–Trinajstić information content (AvgIpc) is 2.60. The van der Waals surface area contributed by atoms with Gasteiger partial charge in [0.15, 0.2) is 0 Å². The Morgan fingerprint density at radius 3 is 2.32 bits per heavy atom. The lowest BCUT2D eigenvalue weighted by molar-refractivity contribution is 0.262. The van der Waals surface area contributed by atoms with E-state index in [0.29, 0.717) is 5.69 Å². The average molecular weight is 332 g/mol. The Balaban J connectivity index is 1.61. The first-order valence-corrected chi connectivity index (χ1v) is 8.03. The monoisotopic (exact) mass is 332 g/mol. The van der Waals surface area contributed by atoms with E-state index in [9.17, 15) is 4.79 Å². The minimum absolute atomic E-state index is 0.303. The van der Waals surface area contributed by atoms with E-state index in [0.717, 1.165) is 22.8 Å². The van der Waals surface area contributed by atoms with Crippen LogP contribution < -0.4 is 16.0 Å². The molecule has 3 aromatic rings. The number of hydrogen-bond donors (Lipinski definition) is 3. The van der Waals surface area contributed by atoms with Crippen molar-refractivity contribution in [1.29, 1.82) is 0 Å². The van der Waals surface area contributed by atoms with Crippen molar-refractivity contribution in [3.8, 4) is 0 Å². The van der Waals surface area contributed by atoms with Crippen LogP contribution in [-0.2, 0) is 0 Å². The fourth-order valence-electron chi connectivity index (χ4n) is 2.45. The highest BCUT2D eigenvalue weighted by atomic mass is 16.2. The van der Waals surface area contributed by atoms with Crippen LogP contribution in [0.2, 0.25) is 0 Å². The van der Waals surface area contributed by atoms with Gasteiger partial charge in [-0.05, 0) is 49.7 Å². The largest absolute Gasteiger partial charge is 0.340 e. The van der Waals surface area contributed by atoms with E-state index in [-0.39, 0.29) is 6.03 Å². The smallest absolute Gasteiger partial charge is 0.323 e. The number of aromatic nitrogens is 1. The molecule has 0 fully saturated rings. The summed E-state index contributed by atoms with van der Waals surface area (Å²) in [5, 5.41) is 8.80. The molecule has 0 unspecified atom stereocenters. The molecule has 0 spiro atoms. The highest BCUT2D eigenvalue weighted by molar-refractivity contribution is 5.99. The Morgan fingerprint density at radius 2 is 1.64 bits per heavy atom. The number of carbonyl (C=O) groups excluding carboxylic acids is 1. The predicted octanol–water partition coefficient (Wildman–Crippen LogP) is 5.09. The van der Waals surface area contributed by atoms with Crippen molar-refractivity contribution in [2.45, 2.75) is 13.8 Å². The van der Waals surface area contributed by atoms with Crippen LogP contribution in [0.4, 0.5) is 27.7 Å². The SMILES string of the molecule is Cc1ccc(Nc2ccc(NC(=O)Nc3ccccc3)cn2)c(C)c1. The maximum Gasteiger partial charge on any atom is 0.323 e. The van der Waals surface area contributed by atoms with Crippen LogP contribution in [0.5, 0.6) is 0 Å². The van der Waals surface area contributed by atoms with Crippen LogP contribution in [0.3, 0.4) is 0 Å². The van der Waals surface area contributed by atoms with Crippen LogP contribution in [-0.4, -0.2) is 11.0 Å². The Hall–Kier alpha value is -3.34. The highest BCUT2D eigenvalue weighted by Crippen LogP contribution is 2.21. The molecule has 3 rings (SSSR count). The van der Waals surface area contributed by atoms with Gasteiger partial charge in [0.05, 0.1) is 11.9 Å². The molecule has 5 nitrogen and oxygen atoms in total. The van der Waals surface area contributed by atoms with Crippen molar-refractivity contribution in [1.82, 2.24) is 4.98 Å². The summed E-state index contributed by atoms with van der Waals surface area (Å²) >= 11 is 0. The number of carbonyl (C=O) groups is 1. The number of nitrogens with zero attached hydrogens (tertiary/aromatic N) is 1. The third-order valence-electron chi connectivity index (χ3n) is 3.70. The van der Waals surface area contributed by atoms with Crippen LogP contribution in [0.1, 0.15) is 11.1 Å². The molecule has 0 aliphatic heterocycles. The molecule has 126 valence electrons. The summed E-state index contributed by atoms with van der Waals surface area (Å²) in [6.45, 7) is 4.12. The number of pyridine rings is 1. The number of aryl methyl sites for hydroxylation is 2. The lowest BCUT2D eigenvalue weighted by atomic mass is 10.1. The molecule has 0 radical (unpaired) electrons. The lowest BCUT2D eigenvalue weighted by Gasteiger charge is -2.11. The fourth-order valence-corrected chi connectivity index (χ4v) is 2.45. The number of benzene rings is 2. The first-order chi connectivity index (χ1) is 12.1. The fraction of sp³-hybridized carbons (Fsp3) is 0.100. The molecule has 0 bridgehead atoms. The standard InChI is InChI=1S/C20H20N4O/c1-14-8-10-18(15(2)12-14)24-19-11-9-17(13-21-19)23-20(25)22-16-6-4-3-5-7-16/h3-13H,1-2H3,(H,21,24)(H2,22,23,25). The lowest BCUT2D eigenvalue weighted by Crippen LogP contribution is -2.19. The van der Waals surface area contributed by atoms with Crippen molar-refractivity contribution >= 4 is 28.9 Å². The van der Waals surface area contributed by atoms with Crippen LogP contribution in [0.25, 0.3) is 0 Å². The minimum atomic E-state index is -0.303. The molecule has 25 heavy (non-hydrogen) atoms. The van der Waals surface area contributed by atoms with Gasteiger partial charge in [-0.2, -0.15) is 0 Å². The van der Waals surface area contributed by atoms with Gasteiger partial charge in [0.25, 0.3) is 0 Å². The summed E-state index contributed by atoms with van der Waals surface area (Å²) in [4.78, 5) is 16.3. The second-order valence-corrected chi connectivity index (χ2v) is 5.82. The molecule has 5 heteroatoms. The normalized spacial score (nSPS) is 10.2. The zero-order valence-electron chi connectivity index (χ0n) is 14.2. The number of para-hydroxylation sites is 1. The van der Waals surface area contributed by atoms with E-state index in [1.165, 1.54) is 5.56 Å². The molecular weight excluding hydrogens is 312 g/mol. The Kier molecular flexibility index (Phi) is 4.95. The third kappa shape index (κ3) is 4.57. The summed E-state index contributed by atoms with van der Waals surface area (Å²) in [7, 11) is 0. The van der Waals surface area contributed by atoms with Gasteiger partial charge in [-0.1, -0.05) is 35.9 Å². The quantitative estimate of drug-likeness (QED) is 0.624. The van der Waals surface area contributed by atoms with Crippen molar-refractivity contribution in [3.63, 3.8) is 0 Å². The zero-order valence-corrected chi connectivity index (χ0v) is 14.2. The van der Waals surface area contributed by atoms with Gasteiger partial charge in [0.2, 0.25) is 0 Å². The van der Waals surface area contributed by atoms with E-state index >= 15 is 0 Å². The van der Waals surface area contributed by atoms with Crippen LogP contribution >= 0.6 is 0 Å². The van der Waals surface area contributed by atoms with E-state index in [1.54, 1.807) is 6.20 Å². The number of nitrogens with one attached hydrogen (secondary N) is 3. The van der Waals surface area contributed by atoms with Crippen molar-refractivity contribution in [2.24, 2.45) is 0 Å². The molecule has 0 aliphatic carbocycles. The van der Waals surface area contributed by atoms with Crippen LogP contribution in [0, 0.1) is 13.8 Å². The minimum Gasteiger partial charge on any atom is -0.340 e. The third-order valence-corrected chi connectivity index (χ3v) is 3.70. The van der Waals surface area contributed by atoms with Crippen molar-refractivity contribution in [3.05, 3.63) is 78.0 Å². The number of hydrogen-bond acceptors (Lipinski definition) is 3. The summed E-state index contributed by atoms with van der Waals surface area (Å²) < 4.78 is 0. The van der Waals surface area contributed by atoms with Crippen molar-refractivity contribution in [2.75, 3.05) is 16.0 Å². The van der Waals surface area contributed by atoms with Gasteiger partial charge in [0.1, 0.15) is 5.82 Å². The predicted molar refractivity (Wildman–Crippen MR) is 103 cm³/mol. The molecule has 2 amide bonds. The summed E-state index contributed by atoms with van der Waals surface area (Å²) in [6, 6.07) is 18.8. The molecule has 0 saturated heterocycles. The van der Waals surface area contributed by atoms with Gasteiger partial charge >= 0.3 is 6.03 Å². The molecule has 2 aromatic carbocycles. The van der Waals surface area contributed by atoms with Gasteiger partial charge in [0, 0.05) is 11.4 Å². The van der Waals surface area contributed by atoms with Crippen LogP contribution in [0.15, 0.2) is 66.9 Å². The van der Waals surface area contributed by atoms with Gasteiger partial charge < -0.3 is 16.0 Å². The number of rotatable bonds is 4. The Bertz CT molecular complexity index is 861. The second-order valence-electron chi connectivity index (χ2n) is 5.82. The molecule has 3 N–H and O–H groups in total. The number of urea groups is 1. The van der Waals surface area contributed by atoms with E-state index < -0.39 is 0 Å². The van der Waals surface area contributed by atoms with E-state index in [2.05, 4.69) is 46.9 Å². The maximum absolute atomic E-state index is 12.0. The second kappa shape index (κ2) is 7.49. The number of amides is 2. The maximum atomic E-state index is 12.0. The Morgan fingerprint density at radius 1 is 0.880 bits per heavy atom. The van der Waals surface area contributed by atoms with Gasteiger partial charge in [-0.3, -0.25) is 0 Å². The topological polar surface area (TPSA) is 66.0 Å². The zero-order chi connectivity index (χ0) is 17.6. The summed E-state index contributed by atoms with van der Waals surface area (Å²) in [5.41, 5.74) is 4.76. The molecule has 1 aromatic heterocycles. The van der Waals surface area contributed by atoms with Gasteiger partial charge in [-0.25, -0.2) is 9.78 Å². The summed E-state index contributed by atoms with van der Waals surface area (Å²) in [6.07, 6.45) is 1.62. The molecule has 0 atom stereocenters. The summed E-state index contributed by atoms with van der Waals surface area (Å²) in [5.74, 6) is 0.723. The Labute approximate surface area is 147 Å². The van der Waals surface area contributed by atoms with Crippen molar-refractivity contribution < 1.29 is 4.79 Å². The molecule has 0 aliphatic rings.